The molecular weight excluding hydrogens is 276 g/mol. The van der Waals surface area contributed by atoms with Crippen LogP contribution in [0.5, 0.6) is 0 Å². The molecule has 0 spiro atoms. The lowest BCUT2D eigenvalue weighted by molar-refractivity contribution is -0.0817. The molecule has 0 amide bonds. The second-order valence-electron chi connectivity index (χ2n) is 8.95. The highest BCUT2D eigenvalue weighted by molar-refractivity contribution is 5.25. The van der Waals surface area contributed by atoms with Crippen LogP contribution in [-0.4, -0.2) is 33.6 Å². The van der Waals surface area contributed by atoms with Gasteiger partial charge < -0.3 is 15.3 Å². The van der Waals surface area contributed by atoms with Crippen molar-refractivity contribution in [3.05, 3.63) is 11.6 Å². The first-order chi connectivity index (χ1) is 10.4. The van der Waals surface area contributed by atoms with Crippen LogP contribution in [0.25, 0.3) is 0 Å². The molecule has 3 heteroatoms. The quantitative estimate of drug-likeness (QED) is 0.603. The summed E-state index contributed by atoms with van der Waals surface area (Å²) < 4.78 is 0. The van der Waals surface area contributed by atoms with E-state index in [0.29, 0.717) is 17.8 Å². The Kier molecular flexibility index (Phi) is 3.32. The molecule has 8 atom stereocenters. The summed E-state index contributed by atoms with van der Waals surface area (Å²) in [7, 11) is 0. The highest BCUT2D eigenvalue weighted by Gasteiger charge is 2.60. The van der Waals surface area contributed by atoms with Gasteiger partial charge >= 0.3 is 0 Å². The van der Waals surface area contributed by atoms with E-state index in [1.165, 1.54) is 5.57 Å². The van der Waals surface area contributed by atoms with Gasteiger partial charge in [0.25, 0.3) is 0 Å². The van der Waals surface area contributed by atoms with E-state index in [-0.39, 0.29) is 16.9 Å². The molecule has 0 aromatic heterocycles. The number of hydrogen-bond acceptors (Lipinski definition) is 3. The molecule has 0 radical (unpaired) electrons. The fraction of sp³-hybridized carbons (Fsp3) is 0.895. The zero-order valence-electron chi connectivity index (χ0n) is 13.8. The molecule has 3 saturated carbocycles. The molecule has 3 fully saturated rings. The molecule has 0 heterocycles. The first-order valence-electron chi connectivity index (χ1n) is 9.10. The van der Waals surface area contributed by atoms with E-state index < -0.39 is 12.2 Å². The summed E-state index contributed by atoms with van der Waals surface area (Å²) >= 11 is 0. The van der Waals surface area contributed by atoms with Crippen molar-refractivity contribution in [3.63, 3.8) is 0 Å². The zero-order chi connectivity index (χ0) is 15.7. The minimum absolute atomic E-state index is 0.101. The molecule has 0 aromatic carbocycles. The highest BCUT2D eigenvalue weighted by Crippen LogP contribution is 2.64. The third kappa shape index (κ3) is 1.85. The number of allylic oxidation sites excluding steroid dienone is 1. The second-order valence-corrected chi connectivity index (χ2v) is 8.95. The molecule has 0 unspecified atom stereocenters. The van der Waals surface area contributed by atoms with Crippen LogP contribution < -0.4 is 0 Å². The fourth-order valence-electron chi connectivity index (χ4n) is 6.63. The molecule has 4 aliphatic rings. The molecular formula is C19H30O3. The van der Waals surface area contributed by atoms with Crippen LogP contribution in [0.1, 0.15) is 58.8 Å². The minimum Gasteiger partial charge on any atom is -0.393 e. The Morgan fingerprint density at radius 1 is 1.05 bits per heavy atom. The summed E-state index contributed by atoms with van der Waals surface area (Å²) in [4.78, 5) is 0. The Morgan fingerprint density at radius 3 is 2.59 bits per heavy atom. The van der Waals surface area contributed by atoms with Crippen LogP contribution in [0.4, 0.5) is 0 Å². The molecule has 3 N–H and O–H groups in total. The third-order valence-corrected chi connectivity index (χ3v) is 8.05. The van der Waals surface area contributed by atoms with E-state index in [4.69, 9.17) is 0 Å². The molecule has 0 aliphatic heterocycles. The van der Waals surface area contributed by atoms with Gasteiger partial charge in [-0.15, -0.1) is 0 Å². The lowest BCUT2D eigenvalue weighted by atomic mass is 9.48. The Hall–Kier alpha value is -0.380. The topological polar surface area (TPSA) is 60.7 Å². The van der Waals surface area contributed by atoms with Gasteiger partial charge in [0.2, 0.25) is 0 Å². The van der Waals surface area contributed by atoms with E-state index in [9.17, 15) is 15.3 Å². The first kappa shape index (κ1) is 15.2. The summed E-state index contributed by atoms with van der Waals surface area (Å²) in [6, 6.07) is 0. The Balaban J connectivity index is 1.68. The first-order valence-corrected chi connectivity index (χ1v) is 9.10. The van der Waals surface area contributed by atoms with Crippen LogP contribution in [-0.2, 0) is 0 Å². The van der Waals surface area contributed by atoms with Crippen molar-refractivity contribution in [1.82, 2.24) is 0 Å². The smallest absolute Gasteiger partial charge is 0.0855 e. The van der Waals surface area contributed by atoms with E-state index >= 15 is 0 Å². The summed E-state index contributed by atoms with van der Waals surface area (Å²) in [6.07, 6.45) is 8.04. The van der Waals surface area contributed by atoms with Gasteiger partial charge in [-0.3, -0.25) is 0 Å². The van der Waals surface area contributed by atoms with Gasteiger partial charge in [0.15, 0.2) is 0 Å². The number of aliphatic hydroxyl groups is 3. The maximum absolute atomic E-state index is 10.5. The highest BCUT2D eigenvalue weighted by atomic mass is 16.3. The van der Waals surface area contributed by atoms with Gasteiger partial charge in [0.1, 0.15) is 0 Å². The standard InChI is InChI=1S/C19H30O3/c1-18-7-5-12(20)9-11(18)3-4-13-14(18)6-8-19(2)15(13)10-16(21)17(19)22/h3,12-17,20-22H,4-10H2,1-2H3/t12-,13+,14-,15-,16-,17-,18-,19-/m0/s1. The summed E-state index contributed by atoms with van der Waals surface area (Å²) in [5, 5.41) is 30.7. The Morgan fingerprint density at radius 2 is 1.82 bits per heavy atom. The molecule has 4 rings (SSSR count). The van der Waals surface area contributed by atoms with E-state index in [2.05, 4.69) is 19.9 Å². The van der Waals surface area contributed by atoms with E-state index in [0.717, 1.165) is 44.9 Å². The lowest BCUT2D eigenvalue weighted by Crippen LogP contribution is -2.51. The van der Waals surface area contributed by atoms with Crippen molar-refractivity contribution in [2.45, 2.75) is 77.1 Å². The molecule has 0 aromatic rings. The van der Waals surface area contributed by atoms with Gasteiger partial charge in [-0.05, 0) is 73.5 Å². The maximum Gasteiger partial charge on any atom is 0.0855 e. The van der Waals surface area contributed by atoms with Crippen LogP contribution in [0.15, 0.2) is 11.6 Å². The zero-order valence-corrected chi connectivity index (χ0v) is 13.8. The Labute approximate surface area is 133 Å². The molecule has 3 nitrogen and oxygen atoms in total. The van der Waals surface area contributed by atoms with Gasteiger partial charge in [-0.1, -0.05) is 25.5 Å². The SMILES string of the molecule is C[C@]12CC[C@H]3[C@@H](CC=C4C[C@@H](O)CC[C@@]43C)[C@@H]1C[C@H](O)[C@@H]2O. The maximum atomic E-state index is 10.5. The van der Waals surface area contributed by atoms with Crippen molar-refractivity contribution in [2.75, 3.05) is 0 Å². The van der Waals surface area contributed by atoms with Gasteiger partial charge in [-0.2, -0.15) is 0 Å². The van der Waals surface area contributed by atoms with Crippen LogP contribution >= 0.6 is 0 Å². The fourth-order valence-corrected chi connectivity index (χ4v) is 6.63. The lowest BCUT2D eigenvalue weighted by Gasteiger charge is -2.57. The predicted octanol–water partition coefficient (Wildman–Crippen LogP) is 2.64. The average molecular weight is 306 g/mol. The molecule has 4 aliphatic carbocycles. The van der Waals surface area contributed by atoms with Crippen molar-refractivity contribution in [2.24, 2.45) is 28.6 Å². The molecule has 0 bridgehead atoms. The molecule has 0 saturated heterocycles. The number of rotatable bonds is 0. The largest absolute Gasteiger partial charge is 0.393 e. The Bertz CT molecular complexity index is 501. The monoisotopic (exact) mass is 306 g/mol. The van der Waals surface area contributed by atoms with Crippen LogP contribution in [0.2, 0.25) is 0 Å². The normalized spacial score (nSPS) is 57.6. The third-order valence-electron chi connectivity index (χ3n) is 8.05. The summed E-state index contributed by atoms with van der Waals surface area (Å²) in [5.41, 5.74) is 1.62. The van der Waals surface area contributed by atoms with E-state index in [1.807, 2.05) is 0 Å². The average Bonchev–Trinajstić information content (AvgIpc) is 2.72. The summed E-state index contributed by atoms with van der Waals surface area (Å²) in [5.74, 6) is 1.70. The number of aliphatic hydroxyl groups excluding tert-OH is 3. The van der Waals surface area contributed by atoms with Crippen molar-refractivity contribution in [3.8, 4) is 0 Å². The van der Waals surface area contributed by atoms with Gasteiger partial charge in [0, 0.05) is 0 Å². The van der Waals surface area contributed by atoms with Gasteiger partial charge in [0.05, 0.1) is 18.3 Å². The molecule has 124 valence electrons. The van der Waals surface area contributed by atoms with Crippen molar-refractivity contribution in [1.29, 1.82) is 0 Å². The molecule has 22 heavy (non-hydrogen) atoms. The van der Waals surface area contributed by atoms with Crippen molar-refractivity contribution >= 4 is 0 Å². The minimum atomic E-state index is -0.551. The predicted molar refractivity (Wildman–Crippen MR) is 85.1 cm³/mol. The van der Waals surface area contributed by atoms with Gasteiger partial charge in [-0.25, -0.2) is 0 Å². The van der Waals surface area contributed by atoms with Crippen molar-refractivity contribution < 1.29 is 15.3 Å². The number of fused-ring (bicyclic) bond motifs is 5. The number of hydrogen-bond donors (Lipinski definition) is 3. The van der Waals surface area contributed by atoms with Crippen LogP contribution in [0, 0.1) is 28.6 Å². The second kappa shape index (κ2) is 4.81. The summed E-state index contributed by atoms with van der Waals surface area (Å²) in [6.45, 7) is 4.60. The van der Waals surface area contributed by atoms with E-state index in [1.54, 1.807) is 0 Å². The van der Waals surface area contributed by atoms with Crippen LogP contribution in [0.3, 0.4) is 0 Å².